The van der Waals surface area contributed by atoms with Gasteiger partial charge < -0.3 is 21.1 Å². The van der Waals surface area contributed by atoms with Crippen molar-refractivity contribution in [2.75, 3.05) is 6.61 Å². The molecule has 1 fully saturated rings. The SMILES string of the molecule is C[C@@H]1[C@H](C)CCC[C@@H]1NC(=O)COC(=O)[C@H](Cc1ccccc1)NC(N)=O. The monoisotopic (exact) mass is 375 g/mol. The van der Waals surface area contributed by atoms with Gasteiger partial charge in [-0.3, -0.25) is 4.79 Å². The molecule has 0 heterocycles. The lowest BCUT2D eigenvalue weighted by atomic mass is 9.78. The molecule has 2 rings (SSSR count). The van der Waals surface area contributed by atoms with Crippen LogP contribution in [0.25, 0.3) is 0 Å². The highest BCUT2D eigenvalue weighted by atomic mass is 16.5. The van der Waals surface area contributed by atoms with E-state index in [2.05, 4.69) is 24.5 Å². The van der Waals surface area contributed by atoms with Crippen LogP contribution in [-0.2, 0) is 20.7 Å². The van der Waals surface area contributed by atoms with Crippen molar-refractivity contribution >= 4 is 17.9 Å². The molecular weight excluding hydrogens is 346 g/mol. The summed E-state index contributed by atoms with van der Waals surface area (Å²) in [6, 6.07) is 7.54. The van der Waals surface area contributed by atoms with Gasteiger partial charge in [-0.15, -0.1) is 0 Å². The summed E-state index contributed by atoms with van der Waals surface area (Å²) in [5, 5.41) is 5.33. The predicted molar refractivity (Wildman–Crippen MR) is 102 cm³/mol. The Morgan fingerprint density at radius 3 is 2.56 bits per heavy atom. The number of carbonyl (C=O) groups excluding carboxylic acids is 3. The molecule has 1 aliphatic carbocycles. The molecule has 7 heteroatoms. The first-order valence-electron chi connectivity index (χ1n) is 9.42. The van der Waals surface area contributed by atoms with Crippen molar-refractivity contribution < 1.29 is 19.1 Å². The van der Waals surface area contributed by atoms with E-state index in [0.29, 0.717) is 11.8 Å². The van der Waals surface area contributed by atoms with Crippen LogP contribution in [0.2, 0.25) is 0 Å². The van der Waals surface area contributed by atoms with Crippen LogP contribution in [0.1, 0.15) is 38.7 Å². The quantitative estimate of drug-likeness (QED) is 0.631. The van der Waals surface area contributed by atoms with Gasteiger partial charge in [0.15, 0.2) is 6.61 Å². The second kappa shape index (κ2) is 9.94. The Balaban J connectivity index is 1.86. The van der Waals surface area contributed by atoms with Crippen LogP contribution >= 0.6 is 0 Å². The zero-order chi connectivity index (χ0) is 19.8. The second-order valence-corrected chi connectivity index (χ2v) is 7.30. The van der Waals surface area contributed by atoms with E-state index < -0.39 is 18.0 Å². The van der Waals surface area contributed by atoms with Gasteiger partial charge in [-0.1, -0.05) is 57.0 Å². The number of primary amides is 1. The number of nitrogens with two attached hydrogens (primary N) is 1. The topological polar surface area (TPSA) is 111 Å². The van der Waals surface area contributed by atoms with Crippen molar-refractivity contribution in [1.82, 2.24) is 10.6 Å². The Labute approximate surface area is 160 Å². The van der Waals surface area contributed by atoms with Crippen LogP contribution < -0.4 is 16.4 Å². The van der Waals surface area contributed by atoms with Crippen LogP contribution in [0.15, 0.2) is 30.3 Å². The summed E-state index contributed by atoms with van der Waals surface area (Å²) in [5.41, 5.74) is 6.01. The van der Waals surface area contributed by atoms with Crippen molar-refractivity contribution in [2.24, 2.45) is 17.6 Å². The normalized spacial score (nSPS) is 23.1. The highest BCUT2D eigenvalue weighted by Crippen LogP contribution is 2.29. The third-order valence-electron chi connectivity index (χ3n) is 5.28. The first kappa shape index (κ1) is 20.7. The first-order valence-corrected chi connectivity index (χ1v) is 9.42. The molecule has 148 valence electrons. The van der Waals surface area contributed by atoms with E-state index in [1.807, 2.05) is 30.3 Å². The molecule has 1 aromatic rings. The molecule has 0 aromatic heterocycles. The number of ether oxygens (including phenoxy) is 1. The predicted octanol–water partition coefficient (Wildman–Crippen LogP) is 1.75. The number of carbonyl (C=O) groups is 3. The molecule has 0 bridgehead atoms. The summed E-state index contributed by atoms with van der Waals surface area (Å²) < 4.78 is 5.12. The molecule has 1 aliphatic rings. The van der Waals surface area contributed by atoms with Crippen LogP contribution in [0, 0.1) is 11.8 Å². The van der Waals surface area contributed by atoms with E-state index in [-0.39, 0.29) is 25.0 Å². The van der Waals surface area contributed by atoms with Gasteiger partial charge in [0.25, 0.3) is 5.91 Å². The zero-order valence-corrected chi connectivity index (χ0v) is 15.9. The Morgan fingerprint density at radius 2 is 1.89 bits per heavy atom. The fourth-order valence-corrected chi connectivity index (χ4v) is 3.49. The van der Waals surface area contributed by atoms with Gasteiger partial charge in [-0.05, 0) is 23.8 Å². The molecule has 7 nitrogen and oxygen atoms in total. The molecule has 27 heavy (non-hydrogen) atoms. The third-order valence-corrected chi connectivity index (χ3v) is 5.28. The number of amides is 3. The van der Waals surface area contributed by atoms with Crippen LogP contribution in [-0.4, -0.2) is 36.6 Å². The molecule has 3 amide bonds. The zero-order valence-electron chi connectivity index (χ0n) is 15.9. The summed E-state index contributed by atoms with van der Waals surface area (Å²) in [6.07, 6.45) is 3.42. The minimum atomic E-state index is -0.939. The number of rotatable bonds is 7. The van der Waals surface area contributed by atoms with Gasteiger partial charge in [0.1, 0.15) is 6.04 Å². The Hall–Kier alpha value is -2.57. The molecule has 4 atom stereocenters. The van der Waals surface area contributed by atoms with Gasteiger partial charge in [0.2, 0.25) is 0 Å². The van der Waals surface area contributed by atoms with E-state index >= 15 is 0 Å². The summed E-state index contributed by atoms with van der Waals surface area (Å²) in [7, 11) is 0. The van der Waals surface area contributed by atoms with Gasteiger partial charge >= 0.3 is 12.0 Å². The highest BCUT2D eigenvalue weighted by Gasteiger charge is 2.29. The average Bonchev–Trinajstić information content (AvgIpc) is 2.63. The molecule has 0 aliphatic heterocycles. The molecular formula is C20H29N3O4. The number of nitrogens with one attached hydrogen (secondary N) is 2. The maximum Gasteiger partial charge on any atom is 0.329 e. The summed E-state index contributed by atoms with van der Waals surface area (Å²) >= 11 is 0. The second-order valence-electron chi connectivity index (χ2n) is 7.30. The largest absolute Gasteiger partial charge is 0.454 e. The minimum absolute atomic E-state index is 0.101. The fraction of sp³-hybridized carbons (Fsp3) is 0.550. The van der Waals surface area contributed by atoms with Crippen molar-refractivity contribution in [1.29, 1.82) is 0 Å². The number of benzene rings is 1. The number of hydrogen-bond donors (Lipinski definition) is 3. The molecule has 0 radical (unpaired) electrons. The number of urea groups is 1. The lowest BCUT2D eigenvalue weighted by molar-refractivity contribution is -0.150. The van der Waals surface area contributed by atoms with Crippen LogP contribution in [0.3, 0.4) is 0 Å². The molecule has 4 N–H and O–H groups in total. The summed E-state index contributed by atoms with van der Waals surface area (Å²) in [4.78, 5) is 35.7. The fourth-order valence-electron chi connectivity index (χ4n) is 3.49. The van der Waals surface area contributed by atoms with E-state index in [1.165, 1.54) is 6.42 Å². The first-order chi connectivity index (χ1) is 12.9. The standard InChI is InChI=1S/C20H29N3O4/c1-13-7-6-10-16(14(13)2)22-18(24)12-27-19(25)17(23-20(21)26)11-15-8-4-3-5-9-15/h3-5,8-9,13-14,16-17H,6-7,10-12H2,1-2H3,(H,22,24)(H3,21,23,26)/t13-,14-,16+,17+/m1/s1. The maximum absolute atomic E-state index is 12.3. The Morgan fingerprint density at radius 1 is 1.19 bits per heavy atom. The maximum atomic E-state index is 12.3. The van der Waals surface area contributed by atoms with Gasteiger partial charge in [-0.2, -0.15) is 0 Å². The van der Waals surface area contributed by atoms with Gasteiger partial charge in [0.05, 0.1) is 0 Å². The molecule has 0 unspecified atom stereocenters. The number of esters is 1. The lowest BCUT2D eigenvalue weighted by Gasteiger charge is -2.34. The van der Waals surface area contributed by atoms with E-state index in [0.717, 1.165) is 18.4 Å². The average molecular weight is 375 g/mol. The molecule has 0 spiro atoms. The van der Waals surface area contributed by atoms with E-state index in [9.17, 15) is 14.4 Å². The molecule has 0 saturated heterocycles. The number of hydrogen-bond acceptors (Lipinski definition) is 4. The lowest BCUT2D eigenvalue weighted by Crippen LogP contribution is -2.48. The van der Waals surface area contributed by atoms with E-state index in [4.69, 9.17) is 10.5 Å². The van der Waals surface area contributed by atoms with Crippen LogP contribution in [0.5, 0.6) is 0 Å². The minimum Gasteiger partial charge on any atom is -0.454 e. The third kappa shape index (κ3) is 6.58. The van der Waals surface area contributed by atoms with E-state index in [1.54, 1.807) is 0 Å². The van der Waals surface area contributed by atoms with Crippen molar-refractivity contribution in [3.63, 3.8) is 0 Å². The van der Waals surface area contributed by atoms with Crippen molar-refractivity contribution in [3.8, 4) is 0 Å². The molecule has 1 aromatic carbocycles. The highest BCUT2D eigenvalue weighted by molar-refractivity contribution is 5.85. The Kier molecular flexibility index (Phi) is 7.64. The van der Waals surface area contributed by atoms with Crippen LogP contribution in [0.4, 0.5) is 4.79 Å². The van der Waals surface area contributed by atoms with Crippen molar-refractivity contribution in [2.45, 2.75) is 51.6 Å². The molecule has 1 saturated carbocycles. The summed E-state index contributed by atoms with van der Waals surface area (Å²) in [5.74, 6) is -0.0629. The smallest absolute Gasteiger partial charge is 0.329 e. The van der Waals surface area contributed by atoms with Gasteiger partial charge in [0, 0.05) is 12.5 Å². The summed E-state index contributed by atoms with van der Waals surface area (Å²) in [6.45, 7) is 3.95. The van der Waals surface area contributed by atoms with Gasteiger partial charge in [-0.25, -0.2) is 9.59 Å². The Bertz CT molecular complexity index is 650. The van der Waals surface area contributed by atoms with Crippen molar-refractivity contribution in [3.05, 3.63) is 35.9 Å².